The van der Waals surface area contributed by atoms with Crippen LogP contribution in [0, 0.1) is 0 Å². The highest BCUT2D eigenvalue weighted by molar-refractivity contribution is 7.99. The zero-order valence-electron chi connectivity index (χ0n) is 13.5. The van der Waals surface area contributed by atoms with Crippen LogP contribution in [0.2, 0.25) is 0 Å². The first-order valence-electron chi connectivity index (χ1n) is 7.29. The van der Waals surface area contributed by atoms with Crippen molar-refractivity contribution < 1.29 is 9.53 Å². The van der Waals surface area contributed by atoms with E-state index in [1.165, 1.54) is 18.1 Å². The van der Waals surface area contributed by atoms with Gasteiger partial charge in [-0.05, 0) is 34.1 Å². The topological polar surface area (TPSA) is 64.1 Å². The lowest BCUT2D eigenvalue weighted by molar-refractivity contribution is -0.151. The van der Waals surface area contributed by atoms with Gasteiger partial charge in [0.1, 0.15) is 22.8 Å². The van der Waals surface area contributed by atoms with Gasteiger partial charge in [-0.3, -0.25) is 4.79 Å². The van der Waals surface area contributed by atoms with Crippen LogP contribution in [-0.2, 0) is 16.0 Å². The number of carbonyl (C=O) groups excluding carboxylic acids is 1. The van der Waals surface area contributed by atoms with Crippen molar-refractivity contribution in [2.24, 2.45) is 0 Å². The summed E-state index contributed by atoms with van der Waals surface area (Å²) >= 11 is 1.41. The quantitative estimate of drug-likeness (QED) is 0.473. The van der Waals surface area contributed by atoms with Crippen LogP contribution in [0.4, 0.5) is 5.82 Å². The van der Waals surface area contributed by atoms with Gasteiger partial charge < -0.3 is 10.1 Å². The van der Waals surface area contributed by atoms with E-state index in [2.05, 4.69) is 22.2 Å². The van der Waals surface area contributed by atoms with Crippen LogP contribution in [0.15, 0.2) is 11.4 Å². The molecule has 21 heavy (non-hydrogen) atoms. The van der Waals surface area contributed by atoms with E-state index >= 15 is 0 Å². The minimum Gasteiger partial charge on any atom is -0.459 e. The predicted molar refractivity (Wildman–Crippen MR) is 86.8 cm³/mol. The van der Waals surface area contributed by atoms with Gasteiger partial charge in [0.15, 0.2) is 0 Å². The number of carbonyl (C=O) groups is 1. The largest absolute Gasteiger partial charge is 0.459 e. The van der Waals surface area contributed by atoms with Gasteiger partial charge in [-0.15, -0.1) is 0 Å². The maximum atomic E-state index is 11.8. The maximum absolute atomic E-state index is 11.8. The van der Waals surface area contributed by atoms with E-state index in [0.717, 1.165) is 35.8 Å². The van der Waals surface area contributed by atoms with Gasteiger partial charge in [-0.1, -0.05) is 25.1 Å². The Morgan fingerprint density at radius 3 is 2.62 bits per heavy atom. The van der Waals surface area contributed by atoms with E-state index in [-0.39, 0.29) is 11.7 Å². The lowest BCUT2D eigenvalue weighted by Crippen LogP contribution is -2.25. The Hall–Kier alpha value is -1.30. The maximum Gasteiger partial charge on any atom is 0.316 e. The molecule has 118 valence electrons. The number of nitrogens with one attached hydrogen (secondary N) is 1. The molecule has 0 unspecified atom stereocenters. The van der Waals surface area contributed by atoms with E-state index in [9.17, 15) is 4.79 Å². The highest BCUT2D eigenvalue weighted by Gasteiger charge is 2.18. The smallest absolute Gasteiger partial charge is 0.316 e. The highest BCUT2D eigenvalue weighted by atomic mass is 32.2. The number of rotatable bonds is 7. The summed E-state index contributed by atoms with van der Waals surface area (Å²) in [6.07, 6.45) is 3.43. The summed E-state index contributed by atoms with van der Waals surface area (Å²) in [6, 6.07) is 0. The van der Waals surface area contributed by atoms with Crippen molar-refractivity contribution in [1.29, 1.82) is 0 Å². The summed E-state index contributed by atoms with van der Waals surface area (Å²) in [4.78, 5) is 20.4. The molecule has 1 aromatic rings. The van der Waals surface area contributed by atoms with Crippen LogP contribution in [-0.4, -0.2) is 33.8 Å². The first kappa shape index (κ1) is 17.8. The highest BCUT2D eigenvalue weighted by Crippen LogP contribution is 2.26. The molecule has 0 aliphatic heterocycles. The number of thioether (sulfide) groups is 1. The van der Waals surface area contributed by atoms with Gasteiger partial charge >= 0.3 is 5.97 Å². The third-order valence-corrected chi connectivity index (χ3v) is 3.50. The zero-order valence-corrected chi connectivity index (χ0v) is 14.3. The molecule has 1 aromatic heterocycles. The molecule has 0 aliphatic rings. The Bertz CT molecular complexity index is 472. The second-order valence-electron chi connectivity index (χ2n) is 5.66. The molecule has 0 aliphatic carbocycles. The van der Waals surface area contributed by atoms with Crippen molar-refractivity contribution >= 4 is 23.5 Å². The summed E-state index contributed by atoms with van der Waals surface area (Å²) in [5, 5.41) is 4.10. The third-order valence-electron chi connectivity index (χ3n) is 2.50. The SMILES string of the molecule is CCCc1c(NCC)ncnc1SCC(=O)OC(C)(C)C. The standard InChI is InChI=1S/C15H25N3O2S/c1-6-8-11-13(16-7-2)17-10-18-14(11)21-9-12(19)20-15(3,4)5/h10H,6-9H2,1-5H3,(H,16,17,18). The molecular weight excluding hydrogens is 286 g/mol. The first-order chi connectivity index (χ1) is 9.87. The van der Waals surface area contributed by atoms with Gasteiger partial charge in [0.05, 0.1) is 5.75 Å². The number of hydrogen-bond donors (Lipinski definition) is 1. The predicted octanol–water partition coefficient (Wildman–Crippen LogP) is 3.29. The lowest BCUT2D eigenvalue weighted by atomic mass is 10.2. The number of nitrogens with zero attached hydrogens (tertiary/aromatic N) is 2. The summed E-state index contributed by atoms with van der Waals surface area (Å²) in [5.41, 5.74) is 0.625. The molecule has 0 fully saturated rings. The van der Waals surface area contributed by atoms with Crippen molar-refractivity contribution in [3.8, 4) is 0 Å². The average Bonchev–Trinajstić information content (AvgIpc) is 2.37. The van der Waals surface area contributed by atoms with E-state index < -0.39 is 5.60 Å². The third kappa shape index (κ3) is 6.33. The Labute approximate surface area is 131 Å². The fourth-order valence-electron chi connectivity index (χ4n) is 1.81. The first-order valence-corrected chi connectivity index (χ1v) is 8.28. The van der Waals surface area contributed by atoms with Crippen molar-refractivity contribution in [2.45, 2.75) is 58.1 Å². The Kier molecular flexibility index (Phi) is 6.95. The number of anilines is 1. The zero-order chi connectivity index (χ0) is 15.9. The van der Waals surface area contributed by atoms with Crippen LogP contribution in [0.25, 0.3) is 0 Å². The summed E-state index contributed by atoms with van der Waals surface area (Å²) in [6.45, 7) is 10.6. The number of aromatic nitrogens is 2. The van der Waals surface area contributed by atoms with Crippen molar-refractivity contribution in [1.82, 2.24) is 9.97 Å². The van der Waals surface area contributed by atoms with Crippen LogP contribution >= 0.6 is 11.8 Å². The summed E-state index contributed by atoms with van der Waals surface area (Å²) in [7, 11) is 0. The van der Waals surface area contributed by atoms with Gasteiger partial charge in [0, 0.05) is 12.1 Å². The minimum absolute atomic E-state index is 0.224. The van der Waals surface area contributed by atoms with Crippen LogP contribution in [0.3, 0.4) is 0 Å². The molecule has 0 spiro atoms. The molecular formula is C15H25N3O2S. The molecule has 0 aromatic carbocycles. The van der Waals surface area contributed by atoms with Crippen molar-refractivity contribution in [3.63, 3.8) is 0 Å². The second kappa shape index (κ2) is 8.22. The van der Waals surface area contributed by atoms with Gasteiger partial charge in [-0.25, -0.2) is 9.97 Å². The Morgan fingerprint density at radius 1 is 1.33 bits per heavy atom. The van der Waals surface area contributed by atoms with Gasteiger partial charge in [0.25, 0.3) is 0 Å². The molecule has 0 bridgehead atoms. The van der Waals surface area contributed by atoms with E-state index in [4.69, 9.17) is 4.74 Å². The molecule has 5 nitrogen and oxygen atoms in total. The van der Waals surface area contributed by atoms with Crippen molar-refractivity contribution in [2.75, 3.05) is 17.6 Å². The molecule has 0 atom stereocenters. The minimum atomic E-state index is -0.454. The van der Waals surface area contributed by atoms with Crippen LogP contribution in [0.5, 0.6) is 0 Å². The fourth-order valence-corrected chi connectivity index (χ4v) is 2.62. The molecule has 0 saturated carbocycles. The molecule has 1 rings (SSSR count). The number of ether oxygens (including phenoxy) is 1. The number of esters is 1. The average molecular weight is 311 g/mol. The monoisotopic (exact) mass is 311 g/mol. The second-order valence-corrected chi connectivity index (χ2v) is 6.63. The lowest BCUT2D eigenvalue weighted by Gasteiger charge is -2.19. The van der Waals surface area contributed by atoms with Crippen LogP contribution in [0.1, 0.15) is 46.6 Å². The number of hydrogen-bond acceptors (Lipinski definition) is 6. The van der Waals surface area contributed by atoms with Crippen LogP contribution < -0.4 is 5.32 Å². The van der Waals surface area contributed by atoms with E-state index in [1.54, 1.807) is 0 Å². The molecule has 1 heterocycles. The van der Waals surface area contributed by atoms with E-state index in [0.29, 0.717) is 0 Å². The molecule has 1 N–H and O–H groups in total. The molecule has 0 radical (unpaired) electrons. The summed E-state index contributed by atoms with van der Waals surface area (Å²) in [5.74, 6) is 0.899. The Balaban J connectivity index is 2.78. The molecule has 0 amide bonds. The molecule has 0 saturated heterocycles. The molecule has 6 heteroatoms. The van der Waals surface area contributed by atoms with Gasteiger partial charge in [0.2, 0.25) is 0 Å². The van der Waals surface area contributed by atoms with E-state index in [1.807, 2.05) is 27.7 Å². The van der Waals surface area contributed by atoms with Gasteiger partial charge in [-0.2, -0.15) is 0 Å². The fraction of sp³-hybridized carbons (Fsp3) is 0.667. The Morgan fingerprint density at radius 2 is 2.05 bits per heavy atom. The normalized spacial score (nSPS) is 11.3. The van der Waals surface area contributed by atoms with Crippen molar-refractivity contribution in [3.05, 3.63) is 11.9 Å². The summed E-state index contributed by atoms with van der Waals surface area (Å²) < 4.78 is 5.32.